The maximum atomic E-state index is 12.3. The number of nitrogens with zero attached hydrogens (tertiary/aromatic N) is 4. The molecule has 2 aromatic rings. The second-order valence-electron chi connectivity index (χ2n) is 9.06. The smallest absolute Gasteiger partial charge is 0.475 e. The Labute approximate surface area is 244 Å². The summed E-state index contributed by atoms with van der Waals surface area (Å²) in [6.07, 6.45) is -3.60. The highest BCUT2D eigenvalue weighted by Gasteiger charge is 2.38. The molecule has 0 aliphatic carbocycles. The molecule has 1 aliphatic rings. The molecule has 11 nitrogen and oxygen atoms in total. The molecule has 1 aromatic heterocycles. The van der Waals surface area contributed by atoms with Gasteiger partial charge in [-0.2, -0.15) is 23.7 Å². The highest BCUT2D eigenvalue weighted by atomic mass is 32.2. The molecule has 1 saturated heterocycles. The molecule has 224 valence electrons. The van der Waals surface area contributed by atoms with E-state index in [1.165, 1.54) is 0 Å². The lowest BCUT2D eigenvalue weighted by molar-refractivity contribution is -0.192. The van der Waals surface area contributed by atoms with Crippen LogP contribution in [0.4, 0.5) is 19.0 Å². The van der Waals surface area contributed by atoms with Gasteiger partial charge in [0.25, 0.3) is 0 Å². The second kappa shape index (κ2) is 15.0. The number of nitriles is 2. The molecular weight excluding hydrogens is 575 g/mol. The maximum absolute atomic E-state index is 12.3. The molecule has 42 heavy (non-hydrogen) atoms. The lowest BCUT2D eigenvalue weighted by Gasteiger charge is -2.39. The SMILES string of the molecule is CCC(=O)NC1CCN(c2nc(SC(C(N)=O)c3ccccc3)c(C#N)c(CC)c2C#N)[C@H](N)C1.O=C(O)C(F)(F)F. The van der Waals surface area contributed by atoms with E-state index in [4.69, 9.17) is 26.4 Å². The van der Waals surface area contributed by atoms with E-state index >= 15 is 0 Å². The molecule has 0 spiro atoms. The van der Waals surface area contributed by atoms with Crippen molar-refractivity contribution in [2.24, 2.45) is 11.5 Å². The van der Waals surface area contributed by atoms with Gasteiger partial charge in [0, 0.05) is 25.4 Å². The van der Waals surface area contributed by atoms with Gasteiger partial charge < -0.3 is 26.8 Å². The number of amides is 2. The van der Waals surface area contributed by atoms with E-state index in [0.29, 0.717) is 59.8 Å². The first-order chi connectivity index (χ1) is 19.8. The predicted octanol–water partition coefficient (Wildman–Crippen LogP) is 3.12. The van der Waals surface area contributed by atoms with Gasteiger partial charge >= 0.3 is 12.1 Å². The van der Waals surface area contributed by atoms with E-state index in [-0.39, 0.29) is 17.5 Å². The predicted molar refractivity (Wildman–Crippen MR) is 148 cm³/mol. The van der Waals surface area contributed by atoms with Gasteiger partial charge in [-0.25, -0.2) is 9.78 Å². The number of aromatic nitrogens is 1. The minimum absolute atomic E-state index is 0.0322. The number of hydrogen-bond acceptors (Lipinski definition) is 9. The van der Waals surface area contributed by atoms with Crippen molar-refractivity contribution in [2.45, 2.75) is 68.2 Å². The summed E-state index contributed by atoms with van der Waals surface area (Å²) in [5.74, 6) is -2.96. The van der Waals surface area contributed by atoms with Crippen LogP contribution in [0.2, 0.25) is 0 Å². The summed E-state index contributed by atoms with van der Waals surface area (Å²) in [4.78, 5) is 39.6. The number of nitrogens with one attached hydrogen (secondary N) is 1. The summed E-state index contributed by atoms with van der Waals surface area (Å²) in [5, 5.41) is 29.6. The molecule has 2 unspecified atom stereocenters. The zero-order chi connectivity index (χ0) is 31.6. The Kier molecular flexibility index (Phi) is 12.1. The fourth-order valence-corrected chi connectivity index (χ4v) is 5.29. The fraction of sp³-hybridized carbons (Fsp3) is 0.407. The number of carbonyl (C=O) groups excluding carboxylic acids is 2. The van der Waals surface area contributed by atoms with Crippen molar-refractivity contribution in [3.05, 3.63) is 52.6 Å². The number of pyridine rings is 1. The van der Waals surface area contributed by atoms with E-state index in [1.807, 2.05) is 30.0 Å². The van der Waals surface area contributed by atoms with Crippen LogP contribution in [0.1, 0.15) is 60.6 Å². The van der Waals surface area contributed by atoms with E-state index in [2.05, 4.69) is 17.5 Å². The van der Waals surface area contributed by atoms with Crippen LogP contribution in [0.3, 0.4) is 0 Å². The largest absolute Gasteiger partial charge is 0.490 e. The third kappa shape index (κ3) is 8.58. The number of anilines is 1. The second-order valence-corrected chi connectivity index (χ2v) is 10.2. The minimum Gasteiger partial charge on any atom is -0.475 e. The molecule has 3 rings (SSSR count). The summed E-state index contributed by atoms with van der Waals surface area (Å²) >= 11 is 1.10. The lowest BCUT2D eigenvalue weighted by Crippen LogP contribution is -2.54. The number of thioether (sulfide) groups is 1. The fourth-order valence-electron chi connectivity index (χ4n) is 4.23. The van der Waals surface area contributed by atoms with Gasteiger partial charge in [0.2, 0.25) is 11.8 Å². The van der Waals surface area contributed by atoms with Crippen molar-refractivity contribution >= 4 is 35.4 Å². The number of carboxylic acids is 1. The highest BCUT2D eigenvalue weighted by molar-refractivity contribution is 8.00. The Balaban J connectivity index is 0.000000782. The summed E-state index contributed by atoms with van der Waals surface area (Å²) in [5.41, 5.74) is 14.0. The van der Waals surface area contributed by atoms with Crippen LogP contribution in [0.25, 0.3) is 0 Å². The van der Waals surface area contributed by atoms with Crippen LogP contribution in [0.15, 0.2) is 35.4 Å². The molecule has 6 N–H and O–H groups in total. The molecule has 2 heterocycles. The van der Waals surface area contributed by atoms with Crippen LogP contribution in [-0.2, 0) is 20.8 Å². The zero-order valence-electron chi connectivity index (χ0n) is 22.8. The third-order valence-corrected chi connectivity index (χ3v) is 7.52. The molecule has 2 amide bonds. The summed E-state index contributed by atoms with van der Waals surface area (Å²) in [6.45, 7) is 4.14. The van der Waals surface area contributed by atoms with Crippen LogP contribution in [-0.4, -0.2) is 52.8 Å². The Morgan fingerprint density at radius 3 is 2.24 bits per heavy atom. The number of piperidine rings is 1. The molecule has 0 saturated carbocycles. The van der Waals surface area contributed by atoms with Gasteiger partial charge in [-0.05, 0) is 24.0 Å². The van der Waals surface area contributed by atoms with E-state index in [9.17, 15) is 33.3 Å². The van der Waals surface area contributed by atoms with Crippen molar-refractivity contribution in [1.29, 1.82) is 10.5 Å². The lowest BCUT2D eigenvalue weighted by atomic mass is 9.98. The first-order valence-corrected chi connectivity index (χ1v) is 13.7. The highest BCUT2D eigenvalue weighted by Crippen LogP contribution is 2.40. The van der Waals surface area contributed by atoms with Gasteiger partial charge in [0.1, 0.15) is 28.2 Å². The number of nitrogens with two attached hydrogens (primary N) is 2. The number of carbonyl (C=O) groups is 3. The quantitative estimate of drug-likeness (QED) is 0.324. The number of rotatable bonds is 8. The zero-order valence-corrected chi connectivity index (χ0v) is 23.6. The Morgan fingerprint density at radius 1 is 1.19 bits per heavy atom. The van der Waals surface area contributed by atoms with Gasteiger partial charge in [-0.15, -0.1) is 0 Å². The maximum Gasteiger partial charge on any atom is 0.490 e. The Bertz CT molecular complexity index is 1380. The van der Waals surface area contributed by atoms with Crippen LogP contribution in [0, 0.1) is 22.7 Å². The molecule has 1 aliphatic heterocycles. The molecule has 0 radical (unpaired) electrons. The minimum atomic E-state index is -5.08. The average Bonchev–Trinajstić information content (AvgIpc) is 2.95. The number of halogens is 3. The normalized spacial score (nSPS) is 17.1. The van der Waals surface area contributed by atoms with E-state index in [1.54, 1.807) is 19.1 Å². The topological polar surface area (TPSA) is 199 Å². The molecule has 1 fully saturated rings. The molecular formula is C27H30F3N7O4S. The number of carboxylic acid groups (broad SMARTS) is 1. The molecule has 15 heteroatoms. The first-order valence-electron chi connectivity index (χ1n) is 12.8. The summed E-state index contributed by atoms with van der Waals surface area (Å²) in [6, 6.07) is 13.4. The average molecular weight is 606 g/mol. The van der Waals surface area contributed by atoms with Crippen molar-refractivity contribution in [3.8, 4) is 12.1 Å². The van der Waals surface area contributed by atoms with Gasteiger partial charge in [-0.1, -0.05) is 55.9 Å². The number of benzene rings is 1. The van der Waals surface area contributed by atoms with Crippen molar-refractivity contribution in [1.82, 2.24) is 10.3 Å². The van der Waals surface area contributed by atoms with Gasteiger partial charge in [0.05, 0.1) is 17.3 Å². The molecule has 1 aromatic carbocycles. The Hall–Kier alpha value is -4.34. The summed E-state index contributed by atoms with van der Waals surface area (Å²) < 4.78 is 31.7. The van der Waals surface area contributed by atoms with Gasteiger partial charge in [-0.3, -0.25) is 9.59 Å². The van der Waals surface area contributed by atoms with E-state index in [0.717, 1.165) is 11.8 Å². The molecule has 0 bridgehead atoms. The number of aliphatic carboxylic acids is 1. The molecule has 3 atom stereocenters. The standard InChI is InChI=1S/C25H29N7O2S.C2HF3O2/c1-3-17-18(13-26)24(32-11-10-16(12-20(32)28)30-21(33)4-2)31-25(19(17)14-27)35-22(23(29)34)15-8-6-5-7-9-15;3-2(4,5)1(6)7/h5-9,16,20,22H,3-4,10-12,28H2,1-2H3,(H2,29,34)(H,30,33);(H,6,7)/t16?,20-,22?;/m0./s1. The van der Waals surface area contributed by atoms with Crippen molar-refractivity contribution in [3.63, 3.8) is 0 Å². The van der Waals surface area contributed by atoms with Crippen LogP contribution >= 0.6 is 11.8 Å². The number of alkyl halides is 3. The van der Waals surface area contributed by atoms with Crippen LogP contribution < -0.4 is 21.7 Å². The van der Waals surface area contributed by atoms with E-state index < -0.39 is 29.5 Å². The first kappa shape index (κ1) is 33.9. The number of primary amides is 1. The Morgan fingerprint density at radius 2 is 1.79 bits per heavy atom. The monoisotopic (exact) mass is 605 g/mol. The summed E-state index contributed by atoms with van der Waals surface area (Å²) in [7, 11) is 0. The van der Waals surface area contributed by atoms with Crippen molar-refractivity contribution < 1.29 is 32.7 Å². The van der Waals surface area contributed by atoms with Gasteiger partial charge in [0.15, 0.2) is 0 Å². The third-order valence-electron chi connectivity index (χ3n) is 6.26. The van der Waals surface area contributed by atoms with Crippen LogP contribution in [0.5, 0.6) is 0 Å². The number of hydrogen-bond donors (Lipinski definition) is 4. The van der Waals surface area contributed by atoms with Crippen molar-refractivity contribution in [2.75, 3.05) is 11.4 Å².